The lowest BCUT2D eigenvalue weighted by atomic mass is 10.0. The number of fused-ring (bicyclic) bond motifs is 1. The topological polar surface area (TPSA) is 71.2 Å². The van der Waals surface area contributed by atoms with E-state index in [2.05, 4.69) is 10.3 Å². The Bertz CT molecular complexity index is 1180. The fourth-order valence-electron chi connectivity index (χ4n) is 3.49. The van der Waals surface area contributed by atoms with Crippen molar-refractivity contribution in [1.82, 2.24) is 10.3 Å². The Morgan fingerprint density at radius 2 is 1.65 bits per heavy atom. The van der Waals surface area contributed by atoms with Gasteiger partial charge in [0.1, 0.15) is 12.6 Å². The maximum atomic E-state index is 13.0. The molecule has 0 saturated carbocycles. The van der Waals surface area contributed by atoms with Gasteiger partial charge in [0.2, 0.25) is 0 Å². The molecule has 5 nitrogen and oxygen atoms in total. The normalized spacial score (nSPS) is 11.8. The minimum atomic E-state index is -0.809. The maximum absolute atomic E-state index is 13.0. The average Bonchev–Trinajstić information content (AvgIpc) is 3.21. The number of amides is 1. The first kappa shape index (κ1) is 20.4. The summed E-state index contributed by atoms with van der Waals surface area (Å²) in [4.78, 5) is 29.0. The van der Waals surface area contributed by atoms with Gasteiger partial charge in [0.25, 0.3) is 5.91 Å². The first-order chi connectivity index (χ1) is 15.1. The fraction of sp³-hybridized carbons (Fsp3) is 0.154. The molecule has 1 heterocycles. The Morgan fingerprint density at radius 3 is 2.42 bits per heavy atom. The van der Waals surface area contributed by atoms with Gasteiger partial charge >= 0.3 is 5.97 Å². The van der Waals surface area contributed by atoms with Gasteiger partial charge in [0.15, 0.2) is 0 Å². The molecule has 0 radical (unpaired) electrons. The van der Waals surface area contributed by atoms with Crippen LogP contribution in [0.25, 0.3) is 10.9 Å². The van der Waals surface area contributed by atoms with E-state index in [1.165, 1.54) is 0 Å². The highest BCUT2D eigenvalue weighted by Crippen LogP contribution is 2.20. The van der Waals surface area contributed by atoms with Gasteiger partial charge in [-0.2, -0.15) is 0 Å². The van der Waals surface area contributed by atoms with Crippen molar-refractivity contribution in [2.45, 2.75) is 26.0 Å². The largest absolute Gasteiger partial charge is 0.459 e. The van der Waals surface area contributed by atoms with Crippen molar-refractivity contribution >= 4 is 22.8 Å². The summed E-state index contributed by atoms with van der Waals surface area (Å²) in [5.41, 5.74) is 4.39. The highest BCUT2D eigenvalue weighted by Gasteiger charge is 2.24. The molecule has 0 unspecified atom stereocenters. The van der Waals surface area contributed by atoms with Crippen LogP contribution in [0.3, 0.4) is 0 Å². The minimum Gasteiger partial charge on any atom is -0.459 e. The molecule has 156 valence electrons. The number of benzene rings is 3. The summed E-state index contributed by atoms with van der Waals surface area (Å²) in [6.45, 7) is 2.12. The second kappa shape index (κ2) is 9.30. The molecule has 0 fully saturated rings. The molecule has 0 aliphatic carbocycles. The quantitative estimate of drug-likeness (QED) is 0.437. The average molecular weight is 412 g/mol. The summed E-state index contributed by atoms with van der Waals surface area (Å²) in [7, 11) is 0. The number of para-hydroxylation sites is 1. The first-order valence-corrected chi connectivity index (χ1v) is 10.2. The summed E-state index contributed by atoms with van der Waals surface area (Å²) in [6, 6.07) is 23.8. The van der Waals surface area contributed by atoms with E-state index in [0.717, 1.165) is 27.6 Å². The van der Waals surface area contributed by atoms with Crippen molar-refractivity contribution < 1.29 is 14.3 Å². The molecule has 0 aliphatic rings. The van der Waals surface area contributed by atoms with Crippen LogP contribution in [0.4, 0.5) is 0 Å². The zero-order valence-electron chi connectivity index (χ0n) is 17.3. The molecule has 1 aromatic heterocycles. The van der Waals surface area contributed by atoms with Gasteiger partial charge in [0, 0.05) is 29.1 Å². The predicted molar refractivity (Wildman–Crippen MR) is 121 cm³/mol. The number of ether oxygens (including phenoxy) is 1. The van der Waals surface area contributed by atoms with Crippen molar-refractivity contribution in [2.24, 2.45) is 0 Å². The molecular formula is C26H24N2O3. The van der Waals surface area contributed by atoms with Gasteiger partial charge in [-0.05, 0) is 36.2 Å². The Morgan fingerprint density at radius 1 is 0.935 bits per heavy atom. The highest BCUT2D eigenvalue weighted by molar-refractivity contribution is 5.97. The summed E-state index contributed by atoms with van der Waals surface area (Å²) >= 11 is 0. The van der Waals surface area contributed by atoms with E-state index < -0.39 is 12.0 Å². The number of hydrogen-bond donors (Lipinski definition) is 2. The van der Waals surface area contributed by atoms with Crippen molar-refractivity contribution in [3.05, 3.63) is 107 Å². The van der Waals surface area contributed by atoms with Crippen molar-refractivity contribution in [3.8, 4) is 0 Å². The molecule has 4 rings (SSSR count). The van der Waals surface area contributed by atoms with E-state index in [1.54, 1.807) is 12.1 Å². The van der Waals surface area contributed by atoms with Crippen LogP contribution < -0.4 is 5.32 Å². The molecule has 2 N–H and O–H groups in total. The Hall–Kier alpha value is -3.86. The zero-order chi connectivity index (χ0) is 21.6. The van der Waals surface area contributed by atoms with E-state index in [-0.39, 0.29) is 12.5 Å². The second-order valence-electron chi connectivity index (χ2n) is 7.55. The van der Waals surface area contributed by atoms with Crippen molar-refractivity contribution in [1.29, 1.82) is 0 Å². The highest BCUT2D eigenvalue weighted by atomic mass is 16.5. The molecular weight excluding hydrogens is 388 g/mol. The fourth-order valence-corrected chi connectivity index (χ4v) is 3.49. The molecule has 0 saturated heterocycles. The molecule has 0 bridgehead atoms. The van der Waals surface area contributed by atoms with Gasteiger partial charge < -0.3 is 15.0 Å². The lowest BCUT2D eigenvalue weighted by Gasteiger charge is -2.18. The van der Waals surface area contributed by atoms with E-state index >= 15 is 0 Å². The zero-order valence-corrected chi connectivity index (χ0v) is 17.3. The molecule has 3 aromatic carbocycles. The third-order valence-corrected chi connectivity index (χ3v) is 5.23. The van der Waals surface area contributed by atoms with Gasteiger partial charge in [-0.15, -0.1) is 0 Å². The second-order valence-corrected chi connectivity index (χ2v) is 7.55. The summed E-state index contributed by atoms with van der Waals surface area (Å²) in [5.74, 6) is -0.768. The maximum Gasteiger partial charge on any atom is 0.329 e. The van der Waals surface area contributed by atoms with Gasteiger partial charge in [-0.25, -0.2) is 4.79 Å². The predicted octanol–water partition coefficient (Wildman–Crippen LogP) is 4.56. The number of nitrogens with one attached hydrogen (secondary N) is 2. The Labute approximate surface area is 181 Å². The van der Waals surface area contributed by atoms with Crippen LogP contribution in [0.1, 0.15) is 27.0 Å². The van der Waals surface area contributed by atoms with Crippen LogP contribution >= 0.6 is 0 Å². The van der Waals surface area contributed by atoms with Crippen LogP contribution in [0, 0.1) is 6.92 Å². The van der Waals surface area contributed by atoms with Crippen molar-refractivity contribution in [2.75, 3.05) is 0 Å². The first-order valence-electron chi connectivity index (χ1n) is 10.2. The number of carbonyl (C=O) groups is 2. The van der Waals surface area contributed by atoms with Crippen molar-refractivity contribution in [3.63, 3.8) is 0 Å². The van der Waals surface area contributed by atoms with Gasteiger partial charge in [-0.3, -0.25) is 4.79 Å². The van der Waals surface area contributed by atoms with E-state index in [9.17, 15) is 9.59 Å². The van der Waals surface area contributed by atoms with Crippen LogP contribution in [-0.2, 0) is 22.6 Å². The third-order valence-electron chi connectivity index (χ3n) is 5.23. The van der Waals surface area contributed by atoms with Gasteiger partial charge in [-0.1, -0.05) is 66.2 Å². The number of aryl methyl sites for hydroxylation is 1. The van der Waals surface area contributed by atoms with Gasteiger partial charge in [0.05, 0.1) is 0 Å². The Kier molecular flexibility index (Phi) is 6.13. The lowest BCUT2D eigenvalue weighted by molar-refractivity contribution is -0.147. The molecule has 4 aromatic rings. The number of hydrogen-bond acceptors (Lipinski definition) is 3. The number of rotatable bonds is 7. The van der Waals surface area contributed by atoms with E-state index in [0.29, 0.717) is 12.0 Å². The molecule has 31 heavy (non-hydrogen) atoms. The standard InChI is InChI=1S/C26H24N2O3/c1-18-11-13-20(14-12-18)25(29)28-24(26(30)31-17-19-7-3-2-4-8-19)15-21-16-27-23-10-6-5-9-22(21)23/h2-14,16,24,27H,15,17H2,1H3,(H,28,29)/t24-/m0/s1. The number of esters is 1. The monoisotopic (exact) mass is 412 g/mol. The molecule has 1 amide bonds. The Balaban J connectivity index is 1.54. The SMILES string of the molecule is Cc1ccc(C(=O)N[C@@H](Cc2c[nH]c3ccccc23)C(=O)OCc2ccccc2)cc1. The number of aromatic amines is 1. The molecule has 1 atom stereocenters. The minimum absolute atomic E-state index is 0.157. The number of H-pyrrole nitrogens is 1. The van der Waals surface area contributed by atoms with Crippen LogP contribution in [0.2, 0.25) is 0 Å². The summed E-state index contributed by atoms with van der Waals surface area (Å²) < 4.78 is 5.54. The third kappa shape index (κ3) is 5.01. The number of carbonyl (C=O) groups excluding carboxylic acids is 2. The summed E-state index contributed by atoms with van der Waals surface area (Å²) in [5, 5.41) is 3.89. The van der Waals surface area contributed by atoms with Crippen LogP contribution in [0.5, 0.6) is 0 Å². The smallest absolute Gasteiger partial charge is 0.329 e. The molecule has 0 spiro atoms. The number of aromatic nitrogens is 1. The van der Waals surface area contributed by atoms with E-state index in [1.807, 2.05) is 79.9 Å². The molecule has 5 heteroatoms. The lowest BCUT2D eigenvalue weighted by Crippen LogP contribution is -2.43. The van der Waals surface area contributed by atoms with E-state index in [4.69, 9.17) is 4.74 Å². The van der Waals surface area contributed by atoms with Crippen LogP contribution in [-0.4, -0.2) is 22.9 Å². The molecule has 0 aliphatic heterocycles. The van der Waals surface area contributed by atoms with Crippen LogP contribution in [0.15, 0.2) is 85.1 Å². The summed E-state index contributed by atoms with van der Waals surface area (Å²) in [6.07, 6.45) is 2.20.